The van der Waals surface area contributed by atoms with Crippen molar-refractivity contribution in [2.45, 2.75) is 97.8 Å². The first-order valence-electron chi connectivity index (χ1n) is 25.4. The van der Waals surface area contributed by atoms with E-state index in [-0.39, 0.29) is 99.2 Å². The predicted molar refractivity (Wildman–Crippen MR) is 279 cm³/mol. The van der Waals surface area contributed by atoms with Gasteiger partial charge >= 0.3 is 12.4 Å². The fraction of sp³-hybridized carbons (Fsp3) is 0.400. The van der Waals surface area contributed by atoms with Crippen LogP contribution < -0.4 is 21.1 Å². The summed E-state index contributed by atoms with van der Waals surface area (Å²) >= 11 is 0.830. The summed E-state index contributed by atoms with van der Waals surface area (Å²) < 4.78 is 95.9. The van der Waals surface area contributed by atoms with Crippen LogP contribution in [0.2, 0.25) is 0 Å². The van der Waals surface area contributed by atoms with Gasteiger partial charge in [0, 0.05) is 79.8 Å². The number of alkyl halides is 6. The van der Waals surface area contributed by atoms with Crippen LogP contribution in [0, 0.1) is 0 Å². The summed E-state index contributed by atoms with van der Waals surface area (Å²) in [7, 11) is 1.72. The van der Waals surface area contributed by atoms with Crippen molar-refractivity contribution in [2.24, 2.45) is 7.05 Å². The number of likely N-dealkylation sites (tertiary alicyclic amines) is 1. The van der Waals surface area contributed by atoms with Gasteiger partial charge in [0.2, 0.25) is 23.6 Å². The fourth-order valence-electron chi connectivity index (χ4n) is 9.45. The summed E-state index contributed by atoms with van der Waals surface area (Å²) in [6.45, 7) is 3.63. The van der Waals surface area contributed by atoms with E-state index in [0.717, 1.165) is 39.4 Å². The van der Waals surface area contributed by atoms with Gasteiger partial charge in [-0.25, -0.2) is 4.98 Å². The maximum Gasteiger partial charge on any atom is 0.430 e. The number of anilines is 2. The number of halogens is 6. The van der Waals surface area contributed by atoms with E-state index in [1.165, 1.54) is 17.0 Å². The molecule has 2 aliphatic rings. The Labute approximate surface area is 453 Å². The van der Waals surface area contributed by atoms with Gasteiger partial charge in [-0.2, -0.15) is 31.4 Å². The van der Waals surface area contributed by atoms with Gasteiger partial charge in [-0.3, -0.25) is 38.1 Å². The normalized spacial score (nSPS) is 14.9. The van der Waals surface area contributed by atoms with Crippen molar-refractivity contribution in [3.63, 3.8) is 0 Å². The summed E-state index contributed by atoms with van der Waals surface area (Å²) in [5.41, 5.74) is -4.08. The Kier molecular flexibility index (Phi) is 18.0. The Morgan fingerprint density at radius 2 is 1.41 bits per heavy atom. The number of hydrogen-bond donors (Lipinski definition) is 4. The minimum Gasteiger partial charge on any atom is -0.388 e. The number of hydrogen-bond acceptors (Lipinski definition) is 12. The highest BCUT2D eigenvalue weighted by Gasteiger charge is 2.71. The minimum atomic E-state index is -6.10. The number of nitrogens with one attached hydrogen (secondary N) is 2. The van der Waals surface area contributed by atoms with Crippen LogP contribution in [-0.4, -0.2) is 122 Å². The van der Waals surface area contributed by atoms with E-state index in [4.69, 9.17) is 9.47 Å². The van der Waals surface area contributed by atoms with Crippen LogP contribution >= 0.6 is 11.8 Å². The van der Waals surface area contributed by atoms with Crippen LogP contribution in [-0.2, 0) is 54.4 Å². The number of benzene rings is 4. The Bertz CT molecular complexity index is 3210. The SMILES string of the molecule is C[C@@H](CC(=O)N1CCC(O)(Cn2cnc3c(-c4ccc(CNC(=O)CCOCCOCCNC(=O)CCC(=O)N5c6ccccc6Sc6cc(C(O)(C(F)(F)F)C(F)(F)F)ccc65)cc4)n(C)nc3c2=O)CC1)c1ccccc1. The summed E-state index contributed by atoms with van der Waals surface area (Å²) in [5.74, 6) is -1.32. The van der Waals surface area contributed by atoms with Crippen LogP contribution in [0.5, 0.6) is 0 Å². The van der Waals surface area contributed by atoms with Crippen molar-refractivity contribution in [3.8, 4) is 11.3 Å². The third-order valence-electron chi connectivity index (χ3n) is 13.9. The van der Waals surface area contributed by atoms with E-state index in [1.54, 1.807) is 34.8 Å². The van der Waals surface area contributed by atoms with Gasteiger partial charge in [-0.05, 0) is 54.2 Å². The lowest BCUT2D eigenvalue weighted by Crippen LogP contribution is -2.54. The lowest BCUT2D eigenvalue weighted by Gasteiger charge is -2.38. The molecule has 0 spiro atoms. The molecule has 4 aromatic carbocycles. The average Bonchev–Trinajstić information content (AvgIpc) is 3.88. The zero-order chi connectivity index (χ0) is 56.7. The van der Waals surface area contributed by atoms with E-state index >= 15 is 0 Å². The molecule has 2 aromatic heterocycles. The molecular weight excluding hydrogens is 1060 g/mol. The molecule has 1 fully saturated rings. The second-order valence-corrected chi connectivity index (χ2v) is 20.5. The standard InChI is InChI=1S/C55H58F6N8O9S/c1-35(37-8-4-3-5-9-37)30-47(73)67-24-21-52(75,22-25-67)33-68-34-64-48-49(51(68)74)65-66(2)50(48)38-14-12-36(13-15-38)32-63-45(71)20-26-77-28-29-78-27-23-62-44(70)18-19-46(72)69-40-10-6-7-11-42(40)79-43-31-39(16-17-41(43)69)53(76,54(56,57)58)55(59,60)61/h3-17,31,34-35,75-76H,18-30,32-33H2,1-2H3,(H,62,70)(H,63,71)/t35-/m0/s1. The zero-order valence-electron chi connectivity index (χ0n) is 43.1. The Morgan fingerprint density at radius 3 is 2.10 bits per heavy atom. The monoisotopic (exact) mass is 1120 g/mol. The van der Waals surface area contributed by atoms with Gasteiger partial charge in [-0.15, -0.1) is 0 Å². The van der Waals surface area contributed by atoms with Gasteiger partial charge in [0.15, 0.2) is 5.52 Å². The summed E-state index contributed by atoms with van der Waals surface area (Å²) in [4.78, 5) is 73.2. The van der Waals surface area contributed by atoms with Gasteiger partial charge in [0.05, 0.1) is 62.0 Å². The Morgan fingerprint density at radius 1 is 0.759 bits per heavy atom. The number of aryl methyl sites for hydroxylation is 1. The van der Waals surface area contributed by atoms with E-state index in [1.807, 2.05) is 61.5 Å². The lowest BCUT2D eigenvalue weighted by atomic mass is 9.90. The van der Waals surface area contributed by atoms with E-state index < -0.39 is 46.5 Å². The summed E-state index contributed by atoms with van der Waals surface area (Å²) in [5, 5.41) is 31.4. The van der Waals surface area contributed by atoms with Gasteiger partial charge < -0.3 is 35.2 Å². The molecule has 24 heteroatoms. The van der Waals surface area contributed by atoms with E-state index in [2.05, 4.69) is 20.7 Å². The van der Waals surface area contributed by atoms with Crippen LogP contribution in [0.4, 0.5) is 37.7 Å². The van der Waals surface area contributed by atoms with Crippen molar-refractivity contribution in [1.82, 2.24) is 34.9 Å². The number of para-hydroxylation sites is 1. The quantitative estimate of drug-likeness (QED) is 0.0410. The number of carbonyl (C=O) groups is 4. The van der Waals surface area contributed by atoms with Gasteiger partial charge in [0.1, 0.15) is 5.52 Å². The number of carbonyl (C=O) groups excluding carboxylic acids is 4. The zero-order valence-corrected chi connectivity index (χ0v) is 43.9. The molecular formula is C55H58F6N8O9S. The van der Waals surface area contributed by atoms with Crippen LogP contribution in [0.25, 0.3) is 22.3 Å². The molecule has 0 saturated carbocycles. The average molecular weight is 1120 g/mol. The molecule has 420 valence electrons. The highest BCUT2D eigenvalue weighted by molar-refractivity contribution is 7.99. The number of amides is 4. The topological polar surface area (TPSA) is 210 Å². The van der Waals surface area contributed by atoms with E-state index in [0.29, 0.717) is 66.3 Å². The molecule has 4 heterocycles. The van der Waals surface area contributed by atoms with E-state index in [9.17, 15) is 60.5 Å². The summed E-state index contributed by atoms with van der Waals surface area (Å²) in [6.07, 6.45) is -10.4. The number of ether oxygens (including phenoxy) is 2. The maximum absolute atomic E-state index is 13.7. The Balaban J connectivity index is 0.713. The van der Waals surface area contributed by atoms with Crippen molar-refractivity contribution in [3.05, 3.63) is 130 Å². The van der Waals surface area contributed by atoms with Crippen molar-refractivity contribution < 1.29 is 65.2 Å². The third-order valence-corrected chi connectivity index (χ3v) is 15.0. The minimum absolute atomic E-state index is 0.0106. The highest BCUT2D eigenvalue weighted by Crippen LogP contribution is 2.54. The number of rotatable bonds is 21. The Hall–Kier alpha value is -7.12. The van der Waals surface area contributed by atoms with Crippen LogP contribution in [0.15, 0.2) is 118 Å². The molecule has 1 atom stereocenters. The van der Waals surface area contributed by atoms with Crippen molar-refractivity contribution >= 4 is 57.8 Å². The molecule has 0 radical (unpaired) electrons. The molecule has 1 saturated heterocycles. The van der Waals surface area contributed by atoms with Crippen molar-refractivity contribution in [2.75, 3.05) is 51.0 Å². The third kappa shape index (κ3) is 13.3. The molecule has 8 rings (SSSR count). The predicted octanol–water partition coefficient (Wildman–Crippen LogP) is 7.42. The molecule has 0 unspecified atom stereocenters. The molecule has 6 aromatic rings. The van der Waals surface area contributed by atoms with Crippen LogP contribution in [0.1, 0.15) is 68.1 Å². The number of piperidine rings is 1. The highest BCUT2D eigenvalue weighted by atomic mass is 32.2. The van der Waals surface area contributed by atoms with Gasteiger partial charge in [0.25, 0.3) is 11.2 Å². The first-order valence-corrected chi connectivity index (χ1v) is 26.2. The number of aliphatic hydroxyl groups is 2. The molecule has 0 aliphatic carbocycles. The largest absolute Gasteiger partial charge is 0.430 e. The molecule has 79 heavy (non-hydrogen) atoms. The number of nitrogens with zero attached hydrogens (tertiary/aromatic N) is 6. The first kappa shape index (κ1) is 58.0. The molecule has 2 aliphatic heterocycles. The number of fused-ring (bicyclic) bond motifs is 3. The second-order valence-electron chi connectivity index (χ2n) is 19.5. The molecule has 17 nitrogen and oxygen atoms in total. The van der Waals surface area contributed by atoms with Crippen molar-refractivity contribution in [1.29, 1.82) is 0 Å². The fourth-order valence-corrected chi connectivity index (χ4v) is 10.5. The summed E-state index contributed by atoms with van der Waals surface area (Å²) in [6, 6.07) is 25.4. The molecule has 4 N–H and O–H groups in total. The van der Waals surface area contributed by atoms with Gasteiger partial charge in [-0.1, -0.05) is 91.5 Å². The first-order chi connectivity index (χ1) is 37.6. The smallest absolute Gasteiger partial charge is 0.388 e. The molecule has 4 amide bonds. The molecule has 0 bridgehead atoms. The number of aromatic nitrogens is 4. The van der Waals surface area contributed by atoms with Crippen LogP contribution in [0.3, 0.4) is 0 Å². The lowest BCUT2D eigenvalue weighted by molar-refractivity contribution is -0.376. The maximum atomic E-state index is 13.7. The second kappa shape index (κ2) is 24.5.